The molecular formula is C9H16N4O. The SMILES string of the molecule is CC[C@H](N)C(=O)Nc1cnn(CC)c1. The van der Waals surface area contributed by atoms with Gasteiger partial charge in [0.05, 0.1) is 17.9 Å². The minimum Gasteiger partial charge on any atom is -0.322 e. The van der Waals surface area contributed by atoms with E-state index in [2.05, 4.69) is 10.4 Å². The van der Waals surface area contributed by atoms with Crippen LogP contribution >= 0.6 is 0 Å². The zero-order valence-corrected chi connectivity index (χ0v) is 8.53. The van der Waals surface area contributed by atoms with Gasteiger partial charge < -0.3 is 11.1 Å². The minimum absolute atomic E-state index is 0.164. The van der Waals surface area contributed by atoms with Crippen LogP contribution in [0.25, 0.3) is 0 Å². The van der Waals surface area contributed by atoms with Crippen LogP contribution in [0.5, 0.6) is 0 Å². The summed E-state index contributed by atoms with van der Waals surface area (Å²) in [5, 5.41) is 6.73. The Labute approximate surface area is 83.3 Å². The second-order valence-electron chi connectivity index (χ2n) is 3.09. The van der Waals surface area contributed by atoms with E-state index in [-0.39, 0.29) is 5.91 Å². The molecular weight excluding hydrogens is 180 g/mol. The Morgan fingerprint density at radius 2 is 2.43 bits per heavy atom. The molecule has 1 aromatic rings. The predicted octanol–water partition coefficient (Wildman–Crippen LogP) is 0.579. The van der Waals surface area contributed by atoms with Crippen molar-refractivity contribution in [2.24, 2.45) is 5.73 Å². The van der Waals surface area contributed by atoms with Crippen LogP contribution in [0.15, 0.2) is 12.4 Å². The summed E-state index contributed by atoms with van der Waals surface area (Å²) in [5.41, 5.74) is 6.26. The van der Waals surface area contributed by atoms with Crippen LogP contribution in [0.2, 0.25) is 0 Å². The molecule has 0 unspecified atom stereocenters. The number of anilines is 1. The second kappa shape index (κ2) is 4.76. The van der Waals surface area contributed by atoms with E-state index in [0.29, 0.717) is 12.1 Å². The molecule has 0 spiro atoms. The highest BCUT2D eigenvalue weighted by Crippen LogP contribution is 2.05. The van der Waals surface area contributed by atoms with Gasteiger partial charge in [0.1, 0.15) is 0 Å². The molecule has 1 atom stereocenters. The number of rotatable bonds is 4. The van der Waals surface area contributed by atoms with E-state index in [1.54, 1.807) is 17.1 Å². The smallest absolute Gasteiger partial charge is 0.241 e. The first kappa shape index (κ1) is 10.7. The van der Waals surface area contributed by atoms with Crippen molar-refractivity contribution in [1.29, 1.82) is 0 Å². The third-order valence-corrected chi connectivity index (χ3v) is 2.00. The van der Waals surface area contributed by atoms with Gasteiger partial charge in [-0.3, -0.25) is 9.48 Å². The second-order valence-corrected chi connectivity index (χ2v) is 3.09. The highest BCUT2D eigenvalue weighted by Gasteiger charge is 2.11. The number of hydrogen-bond acceptors (Lipinski definition) is 3. The first-order chi connectivity index (χ1) is 6.67. The van der Waals surface area contributed by atoms with Gasteiger partial charge in [-0.2, -0.15) is 5.10 Å². The minimum atomic E-state index is -0.444. The molecule has 0 aliphatic heterocycles. The van der Waals surface area contributed by atoms with Crippen molar-refractivity contribution in [2.45, 2.75) is 32.9 Å². The van der Waals surface area contributed by atoms with Crippen molar-refractivity contribution in [3.63, 3.8) is 0 Å². The maximum Gasteiger partial charge on any atom is 0.241 e. The summed E-state index contributed by atoms with van der Waals surface area (Å²) >= 11 is 0. The van der Waals surface area contributed by atoms with Gasteiger partial charge in [-0.25, -0.2) is 0 Å². The Balaban J connectivity index is 2.56. The molecule has 0 saturated heterocycles. The summed E-state index contributed by atoms with van der Waals surface area (Å²) in [5.74, 6) is -0.164. The average Bonchev–Trinajstić information content (AvgIpc) is 2.64. The third-order valence-electron chi connectivity index (χ3n) is 2.00. The first-order valence-electron chi connectivity index (χ1n) is 4.76. The topological polar surface area (TPSA) is 72.9 Å². The molecule has 3 N–H and O–H groups in total. The van der Waals surface area contributed by atoms with Crippen LogP contribution < -0.4 is 11.1 Å². The van der Waals surface area contributed by atoms with E-state index in [4.69, 9.17) is 5.73 Å². The average molecular weight is 196 g/mol. The van der Waals surface area contributed by atoms with Gasteiger partial charge in [-0.1, -0.05) is 6.92 Å². The molecule has 0 radical (unpaired) electrons. The van der Waals surface area contributed by atoms with Gasteiger partial charge in [-0.05, 0) is 13.3 Å². The predicted molar refractivity (Wildman–Crippen MR) is 54.8 cm³/mol. The number of carbonyl (C=O) groups excluding carboxylic acids is 1. The fourth-order valence-electron chi connectivity index (χ4n) is 1.02. The third kappa shape index (κ3) is 2.56. The van der Waals surface area contributed by atoms with Crippen LogP contribution in [-0.4, -0.2) is 21.7 Å². The number of nitrogens with zero attached hydrogens (tertiary/aromatic N) is 2. The van der Waals surface area contributed by atoms with E-state index in [1.165, 1.54) is 0 Å². The molecule has 0 fully saturated rings. The molecule has 0 aromatic carbocycles. The fourth-order valence-corrected chi connectivity index (χ4v) is 1.02. The Morgan fingerprint density at radius 1 is 1.71 bits per heavy atom. The van der Waals surface area contributed by atoms with Gasteiger partial charge in [-0.15, -0.1) is 0 Å². The normalized spacial score (nSPS) is 12.5. The van der Waals surface area contributed by atoms with Crippen LogP contribution in [0, 0.1) is 0 Å². The highest BCUT2D eigenvalue weighted by atomic mass is 16.2. The number of carbonyl (C=O) groups is 1. The number of hydrogen-bond donors (Lipinski definition) is 2. The lowest BCUT2D eigenvalue weighted by atomic mass is 10.2. The largest absolute Gasteiger partial charge is 0.322 e. The first-order valence-corrected chi connectivity index (χ1v) is 4.76. The standard InChI is InChI=1S/C9H16N4O/c1-3-8(10)9(14)12-7-5-11-13(4-2)6-7/h5-6,8H,3-4,10H2,1-2H3,(H,12,14)/t8-/m0/s1. The fraction of sp³-hybridized carbons (Fsp3) is 0.556. The van der Waals surface area contributed by atoms with Gasteiger partial charge in [0, 0.05) is 12.7 Å². The monoisotopic (exact) mass is 196 g/mol. The van der Waals surface area contributed by atoms with E-state index in [0.717, 1.165) is 6.54 Å². The summed E-state index contributed by atoms with van der Waals surface area (Å²) in [6.45, 7) is 4.64. The van der Waals surface area contributed by atoms with Gasteiger partial charge in [0.25, 0.3) is 0 Å². The lowest BCUT2D eigenvalue weighted by molar-refractivity contribution is -0.117. The molecule has 0 bridgehead atoms. The lowest BCUT2D eigenvalue weighted by Crippen LogP contribution is -2.34. The van der Waals surface area contributed by atoms with E-state index >= 15 is 0 Å². The summed E-state index contributed by atoms with van der Waals surface area (Å²) in [6, 6.07) is -0.444. The Morgan fingerprint density at radius 3 is 2.93 bits per heavy atom. The van der Waals surface area contributed by atoms with E-state index in [1.807, 2.05) is 13.8 Å². The van der Waals surface area contributed by atoms with Crippen molar-refractivity contribution < 1.29 is 4.79 Å². The molecule has 5 heteroatoms. The quantitative estimate of drug-likeness (QED) is 0.739. The van der Waals surface area contributed by atoms with Crippen LogP contribution in [-0.2, 0) is 11.3 Å². The van der Waals surface area contributed by atoms with Gasteiger partial charge in [0.2, 0.25) is 5.91 Å². The number of aryl methyl sites for hydroxylation is 1. The molecule has 1 heterocycles. The van der Waals surface area contributed by atoms with E-state index < -0.39 is 6.04 Å². The Hall–Kier alpha value is -1.36. The summed E-state index contributed by atoms with van der Waals surface area (Å²) in [4.78, 5) is 11.4. The summed E-state index contributed by atoms with van der Waals surface area (Å²) in [6.07, 6.45) is 4.03. The number of amides is 1. The maximum absolute atomic E-state index is 11.4. The zero-order chi connectivity index (χ0) is 10.6. The molecule has 78 valence electrons. The summed E-state index contributed by atoms with van der Waals surface area (Å²) < 4.78 is 1.74. The number of aromatic nitrogens is 2. The number of nitrogens with two attached hydrogens (primary N) is 1. The van der Waals surface area contributed by atoms with Crippen molar-refractivity contribution in [3.8, 4) is 0 Å². The zero-order valence-electron chi connectivity index (χ0n) is 8.53. The van der Waals surface area contributed by atoms with Gasteiger partial charge in [0.15, 0.2) is 0 Å². The van der Waals surface area contributed by atoms with Crippen molar-refractivity contribution in [1.82, 2.24) is 9.78 Å². The van der Waals surface area contributed by atoms with E-state index in [9.17, 15) is 4.79 Å². The molecule has 0 saturated carbocycles. The molecule has 1 rings (SSSR count). The van der Waals surface area contributed by atoms with Crippen molar-refractivity contribution >= 4 is 11.6 Å². The number of nitrogens with one attached hydrogen (secondary N) is 1. The summed E-state index contributed by atoms with van der Waals surface area (Å²) in [7, 11) is 0. The van der Waals surface area contributed by atoms with Crippen molar-refractivity contribution in [3.05, 3.63) is 12.4 Å². The van der Waals surface area contributed by atoms with Crippen LogP contribution in [0.4, 0.5) is 5.69 Å². The molecule has 1 amide bonds. The molecule has 0 aliphatic carbocycles. The molecule has 5 nitrogen and oxygen atoms in total. The maximum atomic E-state index is 11.4. The Kier molecular flexibility index (Phi) is 3.64. The van der Waals surface area contributed by atoms with Crippen LogP contribution in [0.3, 0.4) is 0 Å². The molecule has 14 heavy (non-hydrogen) atoms. The Bertz CT molecular complexity index is 308. The van der Waals surface area contributed by atoms with Gasteiger partial charge >= 0.3 is 0 Å². The van der Waals surface area contributed by atoms with Crippen molar-refractivity contribution in [2.75, 3.05) is 5.32 Å². The molecule has 0 aliphatic rings. The molecule has 1 aromatic heterocycles. The highest BCUT2D eigenvalue weighted by molar-refractivity contribution is 5.94. The van der Waals surface area contributed by atoms with Crippen LogP contribution in [0.1, 0.15) is 20.3 Å². The lowest BCUT2D eigenvalue weighted by Gasteiger charge is -2.07.